The van der Waals surface area contributed by atoms with Gasteiger partial charge < -0.3 is 19.2 Å². The molecule has 40 heavy (non-hydrogen) atoms. The van der Waals surface area contributed by atoms with Gasteiger partial charge in [0.25, 0.3) is 5.91 Å². The van der Waals surface area contributed by atoms with E-state index in [0.717, 1.165) is 18.4 Å². The molecule has 1 aliphatic carbocycles. The minimum Gasteiger partial charge on any atom is -0.497 e. The van der Waals surface area contributed by atoms with E-state index >= 15 is 0 Å². The van der Waals surface area contributed by atoms with Crippen LogP contribution >= 0.6 is 0 Å². The smallest absolute Gasteiger partial charge is 0.275 e. The molecule has 2 aromatic heterocycles. The topological polar surface area (TPSA) is 126 Å². The lowest BCUT2D eigenvalue weighted by atomic mass is 9.90. The quantitative estimate of drug-likeness (QED) is 0.415. The third-order valence-corrected chi connectivity index (χ3v) is 9.64. The summed E-state index contributed by atoms with van der Waals surface area (Å²) in [5.74, 6) is 0.454. The lowest BCUT2D eigenvalue weighted by molar-refractivity contribution is 0.0190. The highest BCUT2D eigenvalue weighted by atomic mass is 32.2. The van der Waals surface area contributed by atoms with E-state index in [1.807, 2.05) is 18.2 Å². The molecule has 1 N–H and O–H groups in total. The number of hydrogen-bond donors (Lipinski definition) is 1. The van der Waals surface area contributed by atoms with E-state index in [1.54, 1.807) is 56.5 Å². The van der Waals surface area contributed by atoms with Crippen LogP contribution in [0.25, 0.3) is 6.08 Å². The molecule has 0 atom stereocenters. The van der Waals surface area contributed by atoms with Crippen LogP contribution < -0.4 is 4.74 Å². The number of likely N-dealkylation sites (tertiary alicyclic amines) is 1. The van der Waals surface area contributed by atoms with Crippen LogP contribution in [0.5, 0.6) is 5.75 Å². The maximum Gasteiger partial charge on any atom is 0.275 e. The van der Waals surface area contributed by atoms with Gasteiger partial charge in [0.05, 0.1) is 24.2 Å². The van der Waals surface area contributed by atoms with Crippen molar-refractivity contribution in [2.24, 2.45) is 0 Å². The summed E-state index contributed by atoms with van der Waals surface area (Å²) in [6, 6.07) is 7.01. The first-order valence-corrected chi connectivity index (χ1v) is 14.8. The standard InChI is InChI=1S/C29H34N4O6S/c1-20-15-24(38-3)16-21(2)27(20)40(36,37)33(23-6-7-23)18-26-31-25(19-39-26)28(34)32-13-10-29(35,11-14-32)9-8-22-5-4-12-30-17-22/h4-5,8-9,12,15-17,19,23,35H,6-7,10-11,13-14,18H2,1-3H3/b9-8+. The number of carbonyl (C=O) groups is 1. The van der Waals surface area contributed by atoms with Gasteiger partial charge in [-0.3, -0.25) is 9.78 Å². The van der Waals surface area contributed by atoms with Gasteiger partial charge in [-0.1, -0.05) is 18.2 Å². The van der Waals surface area contributed by atoms with Crippen molar-refractivity contribution in [3.8, 4) is 5.75 Å². The third-order valence-electron chi connectivity index (χ3n) is 7.44. The van der Waals surface area contributed by atoms with Crippen molar-refractivity contribution in [2.45, 2.75) is 62.6 Å². The van der Waals surface area contributed by atoms with Gasteiger partial charge in [-0.2, -0.15) is 4.31 Å². The predicted octanol–water partition coefficient (Wildman–Crippen LogP) is 3.73. The fourth-order valence-corrected chi connectivity index (χ4v) is 7.14. The number of hydrogen-bond acceptors (Lipinski definition) is 8. The molecule has 0 spiro atoms. The Kier molecular flexibility index (Phi) is 7.80. The van der Waals surface area contributed by atoms with E-state index in [1.165, 1.54) is 10.6 Å². The number of sulfonamides is 1. The van der Waals surface area contributed by atoms with Crippen molar-refractivity contribution in [1.82, 2.24) is 19.2 Å². The molecule has 1 saturated heterocycles. The number of aliphatic hydroxyl groups is 1. The Balaban J connectivity index is 1.26. The van der Waals surface area contributed by atoms with Crippen LogP contribution in [0.3, 0.4) is 0 Å². The molecule has 1 aromatic carbocycles. The molecular weight excluding hydrogens is 532 g/mol. The lowest BCUT2D eigenvalue weighted by Gasteiger charge is -2.36. The molecule has 2 aliphatic rings. The van der Waals surface area contributed by atoms with Crippen LogP contribution in [0.2, 0.25) is 0 Å². The first-order valence-electron chi connectivity index (χ1n) is 13.3. The number of aromatic nitrogens is 2. The van der Waals surface area contributed by atoms with Gasteiger partial charge in [-0.15, -0.1) is 0 Å². The van der Waals surface area contributed by atoms with Crippen LogP contribution in [0, 0.1) is 13.8 Å². The number of ether oxygens (including phenoxy) is 1. The molecule has 1 aliphatic heterocycles. The molecule has 1 amide bonds. The van der Waals surface area contributed by atoms with Crippen molar-refractivity contribution in [3.63, 3.8) is 0 Å². The number of aryl methyl sites for hydroxylation is 2. The first-order chi connectivity index (χ1) is 19.1. The second-order valence-corrected chi connectivity index (χ2v) is 12.3. The average Bonchev–Trinajstić information content (AvgIpc) is 3.67. The molecule has 212 valence electrons. The Hall–Kier alpha value is -3.54. The summed E-state index contributed by atoms with van der Waals surface area (Å²) in [5.41, 5.74) is 1.20. The molecule has 5 rings (SSSR count). The van der Waals surface area contributed by atoms with Crippen molar-refractivity contribution in [1.29, 1.82) is 0 Å². The fourth-order valence-electron chi connectivity index (χ4n) is 5.09. The molecule has 0 bridgehead atoms. The lowest BCUT2D eigenvalue weighted by Crippen LogP contribution is -2.45. The summed E-state index contributed by atoms with van der Waals surface area (Å²) in [6.07, 6.45) is 10.6. The van der Waals surface area contributed by atoms with Crippen molar-refractivity contribution in [3.05, 3.63) is 77.3 Å². The summed E-state index contributed by atoms with van der Waals surface area (Å²) < 4.78 is 39.8. The highest BCUT2D eigenvalue weighted by Crippen LogP contribution is 2.36. The molecule has 3 heterocycles. The Labute approximate surface area is 234 Å². The van der Waals surface area contributed by atoms with E-state index in [4.69, 9.17) is 9.15 Å². The maximum absolute atomic E-state index is 13.8. The van der Waals surface area contributed by atoms with Crippen LogP contribution in [0.1, 0.15) is 58.8 Å². The molecule has 0 unspecified atom stereocenters. The summed E-state index contributed by atoms with van der Waals surface area (Å²) >= 11 is 0. The Morgan fingerprint density at radius 3 is 2.55 bits per heavy atom. The van der Waals surface area contributed by atoms with E-state index in [0.29, 0.717) is 42.8 Å². The van der Waals surface area contributed by atoms with E-state index < -0.39 is 15.6 Å². The number of oxazole rings is 1. The summed E-state index contributed by atoms with van der Waals surface area (Å²) in [4.78, 5) is 23.5. The number of benzene rings is 1. The van der Waals surface area contributed by atoms with Gasteiger partial charge >= 0.3 is 0 Å². The largest absolute Gasteiger partial charge is 0.497 e. The van der Waals surface area contributed by atoms with Crippen LogP contribution in [-0.4, -0.2) is 70.4 Å². The summed E-state index contributed by atoms with van der Waals surface area (Å²) in [6.45, 7) is 4.15. The third kappa shape index (κ3) is 5.96. The van der Waals surface area contributed by atoms with Crippen LogP contribution in [0.15, 0.2) is 58.3 Å². The number of rotatable bonds is 9. The van der Waals surface area contributed by atoms with Crippen LogP contribution in [0.4, 0.5) is 0 Å². The molecule has 3 aromatic rings. The average molecular weight is 567 g/mol. The second-order valence-electron chi connectivity index (χ2n) is 10.5. The van der Waals surface area contributed by atoms with Crippen molar-refractivity contribution in [2.75, 3.05) is 20.2 Å². The number of amides is 1. The molecule has 1 saturated carbocycles. The van der Waals surface area contributed by atoms with E-state index in [9.17, 15) is 18.3 Å². The minimum atomic E-state index is -3.85. The van der Waals surface area contributed by atoms with Gasteiger partial charge in [0.1, 0.15) is 12.0 Å². The highest BCUT2D eigenvalue weighted by molar-refractivity contribution is 7.89. The number of pyridine rings is 1. The number of carbonyl (C=O) groups excluding carboxylic acids is 1. The Morgan fingerprint density at radius 2 is 1.95 bits per heavy atom. The van der Waals surface area contributed by atoms with E-state index in [2.05, 4.69) is 9.97 Å². The maximum atomic E-state index is 13.8. The minimum absolute atomic E-state index is 0.0654. The number of piperidine rings is 1. The van der Waals surface area contributed by atoms with Gasteiger partial charge in [0.15, 0.2) is 5.69 Å². The number of methoxy groups -OCH3 is 1. The van der Waals surface area contributed by atoms with Gasteiger partial charge in [0.2, 0.25) is 15.9 Å². The summed E-state index contributed by atoms with van der Waals surface area (Å²) in [7, 11) is -2.30. The molecule has 11 heteroatoms. The van der Waals surface area contributed by atoms with Gasteiger partial charge in [-0.05, 0) is 74.4 Å². The van der Waals surface area contributed by atoms with E-state index in [-0.39, 0.29) is 35.0 Å². The summed E-state index contributed by atoms with van der Waals surface area (Å²) in [5, 5.41) is 11.0. The number of nitrogens with zero attached hydrogens (tertiary/aromatic N) is 4. The van der Waals surface area contributed by atoms with Crippen molar-refractivity contribution < 1.29 is 27.5 Å². The normalized spacial score (nSPS) is 17.5. The second kappa shape index (κ2) is 11.1. The zero-order valence-corrected chi connectivity index (χ0v) is 23.7. The first kappa shape index (κ1) is 28.0. The molecule has 0 radical (unpaired) electrons. The highest BCUT2D eigenvalue weighted by Gasteiger charge is 2.41. The Bertz CT molecular complexity index is 1480. The van der Waals surface area contributed by atoms with Crippen molar-refractivity contribution >= 4 is 22.0 Å². The molecule has 2 fully saturated rings. The molecular formula is C29H34N4O6S. The SMILES string of the molecule is COc1cc(C)c(S(=O)(=O)N(Cc2nc(C(=O)N3CCC(O)(/C=C/c4cccnc4)CC3)co2)C2CC2)c(C)c1. The van der Waals surface area contributed by atoms with Crippen LogP contribution in [-0.2, 0) is 16.6 Å². The molecule has 10 nitrogen and oxygen atoms in total. The predicted molar refractivity (Wildman–Crippen MR) is 148 cm³/mol. The Morgan fingerprint density at radius 1 is 1.25 bits per heavy atom. The zero-order chi connectivity index (χ0) is 28.5. The fraction of sp³-hybridized carbons (Fsp3) is 0.414. The van der Waals surface area contributed by atoms with Gasteiger partial charge in [-0.25, -0.2) is 13.4 Å². The zero-order valence-electron chi connectivity index (χ0n) is 22.9. The monoisotopic (exact) mass is 566 g/mol. The van der Waals surface area contributed by atoms with Gasteiger partial charge in [0, 0.05) is 31.5 Å².